The van der Waals surface area contributed by atoms with Crippen molar-refractivity contribution in [1.82, 2.24) is 4.98 Å². The van der Waals surface area contributed by atoms with Gasteiger partial charge in [-0.15, -0.1) is 0 Å². The average molecular weight is 252 g/mol. The lowest BCUT2D eigenvalue weighted by Crippen LogP contribution is -2.07. The predicted molar refractivity (Wildman–Crippen MR) is 77.8 cm³/mol. The molecular formula is C16H16N2O. The van der Waals surface area contributed by atoms with Crippen molar-refractivity contribution in [1.29, 1.82) is 0 Å². The summed E-state index contributed by atoms with van der Waals surface area (Å²) in [5, 5.41) is 2.75. The molecule has 19 heavy (non-hydrogen) atoms. The predicted octanol–water partition coefficient (Wildman–Crippen LogP) is 3.35. The summed E-state index contributed by atoms with van der Waals surface area (Å²) in [7, 11) is 0. The zero-order valence-corrected chi connectivity index (χ0v) is 11.1. The van der Waals surface area contributed by atoms with E-state index < -0.39 is 0 Å². The van der Waals surface area contributed by atoms with E-state index in [9.17, 15) is 4.79 Å². The number of nitrogens with one attached hydrogen (secondary N) is 1. The molecule has 0 aliphatic heterocycles. The summed E-state index contributed by atoms with van der Waals surface area (Å²) in [5.74, 6) is -0.159. The second-order valence-corrected chi connectivity index (χ2v) is 4.42. The average Bonchev–Trinajstić information content (AvgIpc) is 2.39. The van der Waals surface area contributed by atoms with Gasteiger partial charge in [0.05, 0.1) is 11.9 Å². The first-order valence-electron chi connectivity index (χ1n) is 6.11. The van der Waals surface area contributed by atoms with Gasteiger partial charge in [-0.3, -0.25) is 9.78 Å². The largest absolute Gasteiger partial charge is 0.321 e. The maximum absolute atomic E-state index is 11.7. The van der Waals surface area contributed by atoms with E-state index in [2.05, 4.69) is 23.3 Å². The van der Waals surface area contributed by atoms with Gasteiger partial charge >= 0.3 is 0 Å². The van der Waals surface area contributed by atoms with Crippen LogP contribution in [0.2, 0.25) is 0 Å². The van der Waals surface area contributed by atoms with Crippen LogP contribution in [0.15, 0.2) is 48.8 Å². The number of aryl methyl sites for hydroxylation is 2. The van der Waals surface area contributed by atoms with Crippen molar-refractivity contribution in [2.75, 3.05) is 5.32 Å². The fraction of sp³-hybridized carbons (Fsp3) is 0.125. The van der Waals surface area contributed by atoms with Gasteiger partial charge in [-0.25, -0.2) is 0 Å². The number of carbonyl (C=O) groups excluding carboxylic acids is 1. The Kier molecular flexibility index (Phi) is 4.08. The number of carbonyl (C=O) groups is 1. The van der Waals surface area contributed by atoms with E-state index in [-0.39, 0.29) is 5.91 Å². The van der Waals surface area contributed by atoms with E-state index in [1.807, 2.05) is 25.1 Å². The Morgan fingerprint density at radius 2 is 2.11 bits per heavy atom. The van der Waals surface area contributed by atoms with Crippen molar-refractivity contribution in [2.24, 2.45) is 0 Å². The lowest BCUT2D eigenvalue weighted by Gasteiger charge is -2.02. The monoisotopic (exact) mass is 252 g/mol. The Labute approximate surface area is 113 Å². The Morgan fingerprint density at radius 1 is 1.26 bits per heavy atom. The third-order valence-electron chi connectivity index (χ3n) is 2.77. The van der Waals surface area contributed by atoms with Gasteiger partial charge in [0.1, 0.15) is 0 Å². The zero-order chi connectivity index (χ0) is 13.7. The van der Waals surface area contributed by atoms with Crippen molar-refractivity contribution in [2.45, 2.75) is 13.8 Å². The molecule has 3 heteroatoms. The van der Waals surface area contributed by atoms with Crippen molar-refractivity contribution < 1.29 is 4.79 Å². The molecular weight excluding hydrogens is 236 g/mol. The maximum Gasteiger partial charge on any atom is 0.248 e. The molecule has 0 fully saturated rings. The normalized spacial score (nSPS) is 10.6. The van der Waals surface area contributed by atoms with Crippen LogP contribution in [-0.2, 0) is 4.79 Å². The Hall–Kier alpha value is -2.42. The fourth-order valence-electron chi connectivity index (χ4n) is 1.80. The van der Waals surface area contributed by atoms with Crippen LogP contribution >= 0.6 is 0 Å². The first-order valence-corrected chi connectivity index (χ1v) is 6.11. The van der Waals surface area contributed by atoms with Crippen LogP contribution < -0.4 is 5.32 Å². The lowest BCUT2D eigenvalue weighted by molar-refractivity contribution is -0.111. The van der Waals surface area contributed by atoms with Crippen LogP contribution in [0.5, 0.6) is 0 Å². The standard InChI is InChI=1S/C16H16N2O/c1-12-5-6-14(13(2)10-12)7-8-16(19)18-15-4-3-9-17-11-15/h3-11H,1-2H3,(H,18,19). The number of pyridine rings is 1. The highest BCUT2D eigenvalue weighted by Gasteiger charge is 1.98. The minimum atomic E-state index is -0.159. The highest BCUT2D eigenvalue weighted by Crippen LogP contribution is 2.12. The van der Waals surface area contributed by atoms with Gasteiger partial charge in [0.25, 0.3) is 0 Å². The van der Waals surface area contributed by atoms with Crippen molar-refractivity contribution in [3.8, 4) is 0 Å². The van der Waals surface area contributed by atoms with Gasteiger partial charge in [-0.2, -0.15) is 0 Å². The molecule has 0 radical (unpaired) electrons. The second-order valence-electron chi connectivity index (χ2n) is 4.42. The quantitative estimate of drug-likeness (QED) is 0.851. The van der Waals surface area contributed by atoms with E-state index in [1.165, 1.54) is 11.6 Å². The summed E-state index contributed by atoms with van der Waals surface area (Å²) >= 11 is 0. The second kappa shape index (κ2) is 5.96. The zero-order valence-electron chi connectivity index (χ0n) is 11.1. The van der Waals surface area contributed by atoms with Crippen LogP contribution in [0.3, 0.4) is 0 Å². The van der Waals surface area contributed by atoms with E-state index in [0.29, 0.717) is 5.69 Å². The van der Waals surface area contributed by atoms with Gasteiger partial charge < -0.3 is 5.32 Å². The SMILES string of the molecule is Cc1ccc(C=CC(=O)Nc2cccnc2)c(C)c1. The molecule has 0 spiro atoms. The minimum absolute atomic E-state index is 0.159. The molecule has 2 rings (SSSR count). The maximum atomic E-state index is 11.7. The highest BCUT2D eigenvalue weighted by atomic mass is 16.1. The van der Waals surface area contributed by atoms with Gasteiger partial charge in [-0.05, 0) is 43.2 Å². The Balaban J connectivity index is 2.04. The molecule has 96 valence electrons. The molecule has 0 bridgehead atoms. The summed E-state index contributed by atoms with van der Waals surface area (Å²) in [6.07, 6.45) is 6.63. The van der Waals surface area contributed by atoms with Gasteiger partial charge in [0.15, 0.2) is 0 Å². The minimum Gasteiger partial charge on any atom is -0.321 e. The van der Waals surface area contributed by atoms with Gasteiger partial charge in [0, 0.05) is 12.3 Å². The highest BCUT2D eigenvalue weighted by molar-refractivity contribution is 6.01. The third-order valence-corrected chi connectivity index (χ3v) is 2.77. The van der Waals surface area contributed by atoms with Crippen LogP contribution in [0, 0.1) is 13.8 Å². The summed E-state index contributed by atoms with van der Waals surface area (Å²) < 4.78 is 0. The van der Waals surface area contributed by atoms with Gasteiger partial charge in [0.2, 0.25) is 5.91 Å². The van der Waals surface area contributed by atoms with E-state index in [0.717, 1.165) is 11.1 Å². The molecule has 1 heterocycles. The molecule has 2 aromatic rings. The molecule has 1 N–H and O–H groups in total. The molecule has 0 saturated carbocycles. The van der Waals surface area contributed by atoms with Crippen molar-refractivity contribution in [3.63, 3.8) is 0 Å². The lowest BCUT2D eigenvalue weighted by atomic mass is 10.1. The summed E-state index contributed by atoms with van der Waals surface area (Å²) in [6.45, 7) is 4.08. The molecule has 0 aliphatic rings. The number of anilines is 1. The number of aromatic nitrogens is 1. The van der Waals surface area contributed by atoms with Crippen LogP contribution in [0.25, 0.3) is 6.08 Å². The smallest absolute Gasteiger partial charge is 0.248 e. The topological polar surface area (TPSA) is 42.0 Å². The number of hydrogen-bond acceptors (Lipinski definition) is 2. The van der Waals surface area contributed by atoms with E-state index >= 15 is 0 Å². The van der Waals surface area contributed by atoms with Gasteiger partial charge in [-0.1, -0.05) is 23.8 Å². The number of benzene rings is 1. The summed E-state index contributed by atoms with van der Waals surface area (Å²) in [4.78, 5) is 15.7. The number of nitrogens with zero attached hydrogens (tertiary/aromatic N) is 1. The fourth-order valence-corrected chi connectivity index (χ4v) is 1.80. The molecule has 1 aromatic carbocycles. The third kappa shape index (κ3) is 3.78. The van der Waals surface area contributed by atoms with Crippen LogP contribution in [-0.4, -0.2) is 10.9 Å². The Morgan fingerprint density at radius 3 is 2.79 bits per heavy atom. The Bertz CT molecular complexity index is 603. The number of amides is 1. The molecule has 0 aliphatic carbocycles. The summed E-state index contributed by atoms with van der Waals surface area (Å²) in [6, 6.07) is 9.72. The first-order chi connectivity index (χ1) is 9.15. The first kappa shape index (κ1) is 13.0. The summed E-state index contributed by atoms with van der Waals surface area (Å²) in [5.41, 5.74) is 4.12. The van der Waals surface area contributed by atoms with E-state index in [4.69, 9.17) is 0 Å². The van der Waals surface area contributed by atoms with Crippen molar-refractivity contribution >= 4 is 17.7 Å². The van der Waals surface area contributed by atoms with Crippen LogP contribution in [0.4, 0.5) is 5.69 Å². The number of hydrogen-bond donors (Lipinski definition) is 1. The molecule has 0 saturated heterocycles. The molecule has 0 unspecified atom stereocenters. The molecule has 0 atom stereocenters. The molecule has 3 nitrogen and oxygen atoms in total. The van der Waals surface area contributed by atoms with E-state index in [1.54, 1.807) is 24.5 Å². The molecule has 1 amide bonds. The van der Waals surface area contributed by atoms with Crippen molar-refractivity contribution in [3.05, 3.63) is 65.5 Å². The number of rotatable bonds is 3. The molecule has 1 aromatic heterocycles. The van der Waals surface area contributed by atoms with Crippen LogP contribution in [0.1, 0.15) is 16.7 Å².